The molecule has 12 N–H and O–H groups in total. The Morgan fingerprint density at radius 2 is 1.14 bits per heavy atom. The van der Waals surface area contributed by atoms with Gasteiger partial charge >= 0.3 is 5.97 Å². The molecular weight excluding hydrogens is 384 g/mol. The molecule has 0 radical (unpaired) electrons. The zero-order chi connectivity index (χ0) is 22.8. The summed E-state index contributed by atoms with van der Waals surface area (Å²) in [4.78, 5) is 44.7. The Labute approximate surface area is 170 Å². The Bertz CT molecular complexity index is 501. The molecule has 0 rings (SSSR count). The van der Waals surface area contributed by atoms with E-state index >= 15 is 0 Å². The number of carbonyl (C=O) groups excluding carboxylic acids is 2. The monoisotopic (exact) mass is 420 g/mol. The second-order valence-electron chi connectivity index (χ2n) is 6.38. The summed E-state index contributed by atoms with van der Waals surface area (Å²) in [7, 11) is 0. The van der Waals surface area contributed by atoms with E-state index < -0.39 is 41.9 Å². The number of rotatable bonds is 14. The lowest BCUT2D eigenvalue weighted by atomic mass is 10.1. The normalized spacial score (nSPS) is 13.3. The first-order chi connectivity index (χ1) is 13.6. The molecule has 0 fully saturated rings. The van der Waals surface area contributed by atoms with Gasteiger partial charge in [0.1, 0.15) is 12.1 Å². The van der Waals surface area contributed by atoms with E-state index in [2.05, 4.69) is 10.6 Å². The van der Waals surface area contributed by atoms with Crippen LogP contribution in [-0.4, -0.2) is 71.7 Å². The number of aliphatic carboxylic acids is 2. The van der Waals surface area contributed by atoms with Crippen molar-refractivity contribution in [2.24, 2.45) is 22.9 Å². The molecule has 0 aliphatic carbocycles. The standard InChI is InChI=1S/C15H32N6O4.C2H4O2/c16-7-1-4-10(19)13(22)20-11(5-2-8-17)14(23)21-12(15(24)25)6-3-9-18;1-2(3)4/h10-12H,1-9,16-19H2,(H,20,22)(H,21,23)(H,24,25);1H3,(H,3,4)/t10-,11-,12-;/m0./s1. The summed E-state index contributed by atoms with van der Waals surface area (Å²) in [6.07, 6.45) is 2.46. The molecule has 170 valence electrons. The lowest BCUT2D eigenvalue weighted by molar-refractivity contribution is -0.142. The van der Waals surface area contributed by atoms with Crippen molar-refractivity contribution in [1.82, 2.24) is 10.6 Å². The summed E-state index contributed by atoms with van der Waals surface area (Å²) in [6.45, 7) is 2.16. The molecular formula is C17H36N6O6. The Morgan fingerprint density at radius 3 is 1.55 bits per heavy atom. The SMILES string of the molecule is CC(=O)O.NCCC[C@H](NC(=O)[C@H](CCCN)NC(=O)[C@@H](N)CCCN)C(=O)O. The zero-order valence-corrected chi connectivity index (χ0v) is 16.9. The smallest absolute Gasteiger partial charge is 0.326 e. The van der Waals surface area contributed by atoms with E-state index in [9.17, 15) is 19.5 Å². The topological polar surface area (TPSA) is 237 Å². The molecule has 29 heavy (non-hydrogen) atoms. The lowest BCUT2D eigenvalue weighted by Gasteiger charge is -2.22. The second-order valence-corrected chi connectivity index (χ2v) is 6.38. The van der Waals surface area contributed by atoms with E-state index in [1.165, 1.54) is 0 Å². The maximum absolute atomic E-state index is 12.4. The first-order valence-corrected chi connectivity index (χ1v) is 9.49. The molecule has 0 aromatic heterocycles. The summed E-state index contributed by atoms with van der Waals surface area (Å²) in [5.74, 6) is -3.03. The number of nitrogens with one attached hydrogen (secondary N) is 2. The Hall–Kier alpha value is -2.28. The molecule has 0 aromatic carbocycles. The van der Waals surface area contributed by atoms with E-state index in [4.69, 9.17) is 32.8 Å². The highest BCUT2D eigenvalue weighted by Gasteiger charge is 2.27. The molecule has 12 heteroatoms. The van der Waals surface area contributed by atoms with Gasteiger partial charge in [-0.25, -0.2) is 4.79 Å². The van der Waals surface area contributed by atoms with Crippen LogP contribution in [0.5, 0.6) is 0 Å². The van der Waals surface area contributed by atoms with E-state index in [0.717, 1.165) is 6.92 Å². The van der Waals surface area contributed by atoms with Gasteiger partial charge < -0.3 is 43.8 Å². The van der Waals surface area contributed by atoms with Crippen molar-refractivity contribution in [3.63, 3.8) is 0 Å². The molecule has 0 aliphatic heterocycles. The molecule has 2 amide bonds. The minimum atomic E-state index is -1.15. The number of carboxylic acids is 2. The van der Waals surface area contributed by atoms with Crippen molar-refractivity contribution >= 4 is 23.8 Å². The Morgan fingerprint density at radius 1 is 0.759 bits per heavy atom. The van der Waals surface area contributed by atoms with E-state index in [1.807, 2.05) is 0 Å². The fourth-order valence-electron chi connectivity index (χ4n) is 2.19. The number of amides is 2. The van der Waals surface area contributed by atoms with Crippen molar-refractivity contribution in [2.45, 2.75) is 63.6 Å². The lowest BCUT2D eigenvalue weighted by Crippen LogP contribution is -2.54. The molecule has 0 heterocycles. The quantitative estimate of drug-likeness (QED) is 0.149. The molecule has 0 saturated carbocycles. The minimum absolute atomic E-state index is 0.213. The maximum Gasteiger partial charge on any atom is 0.326 e. The van der Waals surface area contributed by atoms with Crippen LogP contribution in [0, 0.1) is 0 Å². The molecule has 0 bridgehead atoms. The maximum atomic E-state index is 12.4. The van der Waals surface area contributed by atoms with E-state index in [0.29, 0.717) is 51.7 Å². The highest BCUT2D eigenvalue weighted by Crippen LogP contribution is 2.03. The highest BCUT2D eigenvalue weighted by atomic mass is 16.4. The molecule has 0 spiro atoms. The number of carboxylic acid groups (broad SMARTS) is 2. The van der Waals surface area contributed by atoms with Crippen molar-refractivity contribution in [3.8, 4) is 0 Å². The van der Waals surface area contributed by atoms with Crippen LogP contribution >= 0.6 is 0 Å². The van der Waals surface area contributed by atoms with Crippen LogP contribution < -0.4 is 33.6 Å². The Balaban J connectivity index is 0. The number of hydrogen-bond donors (Lipinski definition) is 8. The molecule has 0 unspecified atom stereocenters. The van der Waals surface area contributed by atoms with Crippen molar-refractivity contribution in [2.75, 3.05) is 19.6 Å². The van der Waals surface area contributed by atoms with Gasteiger partial charge in [-0.2, -0.15) is 0 Å². The largest absolute Gasteiger partial charge is 0.481 e. The summed E-state index contributed by atoms with van der Waals surface area (Å²) in [5, 5.41) is 21.6. The van der Waals surface area contributed by atoms with Crippen molar-refractivity contribution in [1.29, 1.82) is 0 Å². The van der Waals surface area contributed by atoms with Crippen LogP contribution in [-0.2, 0) is 19.2 Å². The van der Waals surface area contributed by atoms with Gasteiger partial charge in [0, 0.05) is 6.92 Å². The third kappa shape index (κ3) is 16.4. The van der Waals surface area contributed by atoms with Gasteiger partial charge in [0.2, 0.25) is 11.8 Å². The average molecular weight is 421 g/mol. The molecule has 0 aromatic rings. The fraction of sp³-hybridized carbons (Fsp3) is 0.765. The van der Waals surface area contributed by atoms with Gasteiger partial charge in [-0.05, 0) is 58.2 Å². The molecule has 3 atom stereocenters. The van der Waals surface area contributed by atoms with E-state index in [1.54, 1.807) is 0 Å². The van der Waals surface area contributed by atoms with Crippen LogP contribution in [0.15, 0.2) is 0 Å². The van der Waals surface area contributed by atoms with Gasteiger partial charge in [0.25, 0.3) is 5.97 Å². The van der Waals surface area contributed by atoms with Crippen LogP contribution in [0.4, 0.5) is 0 Å². The van der Waals surface area contributed by atoms with Gasteiger partial charge in [-0.15, -0.1) is 0 Å². The first-order valence-electron chi connectivity index (χ1n) is 9.49. The number of nitrogens with two attached hydrogens (primary N) is 4. The molecule has 12 nitrogen and oxygen atoms in total. The summed E-state index contributed by atoms with van der Waals surface area (Å²) >= 11 is 0. The third-order valence-corrected chi connectivity index (χ3v) is 3.70. The van der Waals surface area contributed by atoms with Crippen LogP contribution in [0.25, 0.3) is 0 Å². The van der Waals surface area contributed by atoms with Gasteiger partial charge in [-0.3, -0.25) is 14.4 Å². The Kier molecular flexibility index (Phi) is 17.7. The summed E-state index contributed by atoms with van der Waals surface area (Å²) in [6, 6.07) is -2.72. The predicted molar refractivity (Wildman–Crippen MR) is 108 cm³/mol. The van der Waals surface area contributed by atoms with Crippen molar-refractivity contribution in [3.05, 3.63) is 0 Å². The van der Waals surface area contributed by atoms with Gasteiger partial charge in [-0.1, -0.05) is 0 Å². The highest BCUT2D eigenvalue weighted by molar-refractivity contribution is 5.91. The van der Waals surface area contributed by atoms with Crippen LogP contribution in [0.3, 0.4) is 0 Å². The van der Waals surface area contributed by atoms with Gasteiger partial charge in [0.15, 0.2) is 0 Å². The summed E-state index contributed by atoms with van der Waals surface area (Å²) < 4.78 is 0. The summed E-state index contributed by atoms with van der Waals surface area (Å²) in [5.41, 5.74) is 22.0. The predicted octanol–water partition coefficient (Wildman–Crippen LogP) is -2.32. The number of carbonyl (C=O) groups is 4. The second kappa shape index (κ2) is 17.8. The van der Waals surface area contributed by atoms with Crippen LogP contribution in [0.2, 0.25) is 0 Å². The average Bonchev–Trinajstić information content (AvgIpc) is 2.65. The zero-order valence-electron chi connectivity index (χ0n) is 16.9. The third-order valence-electron chi connectivity index (χ3n) is 3.70. The van der Waals surface area contributed by atoms with Crippen LogP contribution in [0.1, 0.15) is 45.4 Å². The van der Waals surface area contributed by atoms with E-state index in [-0.39, 0.29) is 6.42 Å². The van der Waals surface area contributed by atoms with Crippen molar-refractivity contribution < 1.29 is 29.4 Å². The minimum Gasteiger partial charge on any atom is -0.481 e. The fourth-order valence-corrected chi connectivity index (χ4v) is 2.19. The molecule has 0 saturated heterocycles. The number of hydrogen-bond acceptors (Lipinski definition) is 8. The first kappa shape index (κ1) is 28.9. The van der Waals surface area contributed by atoms with Gasteiger partial charge in [0.05, 0.1) is 6.04 Å². The molecule has 0 aliphatic rings.